The van der Waals surface area contributed by atoms with Crippen molar-refractivity contribution in [2.75, 3.05) is 24.5 Å². The zero-order valence-electron chi connectivity index (χ0n) is 18.2. The lowest BCUT2D eigenvalue weighted by Crippen LogP contribution is -2.36. The van der Waals surface area contributed by atoms with Crippen molar-refractivity contribution in [2.24, 2.45) is 0 Å². The molecule has 0 unspecified atom stereocenters. The molecule has 0 fully saturated rings. The molecule has 0 saturated heterocycles. The number of amides is 1. The first-order chi connectivity index (χ1) is 15.5. The van der Waals surface area contributed by atoms with E-state index in [-0.39, 0.29) is 10.8 Å². The third kappa shape index (κ3) is 4.16. The Kier molecular flexibility index (Phi) is 6.34. The van der Waals surface area contributed by atoms with Crippen molar-refractivity contribution in [2.45, 2.75) is 31.6 Å². The van der Waals surface area contributed by atoms with Crippen molar-refractivity contribution >= 4 is 21.6 Å². The van der Waals surface area contributed by atoms with Crippen LogP contribution in [0.2, 0.25) is 0 Å². The smallest absolute Gasteiger partial charge is 0.261 e. The fraction of sp³-hybridized carbons (Fsp3) is 0.292. The van der Waals surface area contributed by atoms with Gasteiger partial charge < -0.3 is 4.90 Å². The number of rotatable bonds is 6. The van der Waals surface area contributed by atoms with Crippen LogP contribution in [0.15, 0.2) is 65.8 Å². The van der Waals surface area contributed by atoms with Gasteiger partial charge in [0, 0.05) is 43.3 Å². The van der Waals surface area contributed by atoms with Gasteiger partial charge in [0.2, 0.25) is 10.0 Å². The summed E-state index contributed by atoms with van der Waals surface area (Å²) in [4.78, 5) is 23.9. The first kappa shape index (κ1) is 22.1. The van der Waals surface area contributed by atoms with Crippen molar-refractivity contribution in [3.05, 3.63) is 72.1 Å². The normalized spacial score (nSPS) is 13.8. The molecule has 0 spiro atoms. The number of sulfonamides is 1. The summed E-state index contributed by atoms with van der Waals surface area (Å²) in [6.07, 6.45) is 4.58. The van der Waals surface area contributed by atoms with Gasteiger partial charge in [-0.05, 0) is 36.6 Å². The van der Waals surface area contributed by atoms with E-state index in [9.17, 15) is 13.2 Å². The first-order valence-corrected chi connectivity index (χ1v) is 12.2. The van der Waals surface area contributed by atoms with Gasteiger partial charge in [0.05, 0.1) is 10.5 Å². The highest BCUT2D eigenvalue weighted by Gasteiger charge is 2.27. The minimum absolute atomic E-state index is 0.190. The molecule has 2 heterocycles. The molecule has 0 saturated carbocycles. The number of anilines is 1. The fourth-order valence-electron chi connectivity index (χ4n) is 3.99. The van der Waals surface area contributed by atoms with Crippen LogP contribution in [-0.4, -0.2) is 48.2 Å². The summed E-state index contributed by atoms with van der Waals surface area (Å²) < 4.78 is 27.2. The molecular formula is C24H26N4O3S. The van der Waals surface area contributed by atoms with Gasteiger partial charge in [-0.25, -0.2) is 18.4 Å². The molecule has 0 atom stereocenters. The lowest BCUT2D eigenvalue weighted by molar-refractivity contribution is 0.0984. The SMILES string of the molecule is CCN(CC)S(=O)(=O)c1ccc2c(c1)CCCN2C(=O)c1cnc(-c2ccccc2)nc1. The Balaban J connectivity index is 1.61. The topological polar surface area (TPSA) is 83.5 Å². The Morgan fingerprint density at radius 2 is 1.72 bits per heavy atom. The highest BCUT2D eigenvalue weighted by atomic mass is 32.2. The molecule has 0 aliphatic carbocycles. The van der Waals surface area contributed by atoms with E-state index >= 15 is 0 Å². The standard InChI is InChI=1S/C24H26N4O3S/c1-3-27(4-2)32(30,31)21-12-13-22-19(15-21)11-8-14-28(22)24(29)20-16-25-23(26-17-20)18-9-6-5-7-10-18/h5-7,9-10,12-13,15-17H,3-4,8,11,14H2,1-2H3. The maximum Gasteiger partial charge on any atom is 0.261 e. The summed E-state index contributed by atoms with van der Waals surface area (Å²) in [7, 11) is -3.55. The van der Waals surface area contributed by atoms with Gasteiger partial charge >= 0.3 is 0 Å². The van der Waals surface area contributed by atoms with Crippen LogP contribution in [0.25, 0.3) is 11.4 Å². The number of carbonyl (C=O) groups excluding carboxylic acids is 1. The summed E-state index contributed by atoms with van der Waals surface area (Å²) in [5.74, 6) is 0.373. The van der Waals surface area contributed by atoms with Crippen LogP contribution in [0.5, 0.6) is 0 Å². The lowest BCUT2D eigenvalue weighted by Gasteiger charge is -2.30. The minimum Gasteiger partial charge on any atom is -0.308 e. The number of benzene rings is 2. The molecule has 32 heavy (non-hydrogen) atoms. The second-order valence-electron chi connectivity index (χ2n) is 7.60. The first-order valence-electron chi connectivity index (χ1n) is 10.8. The van der Waals surface area contributed by atoms with Crippen molar-refractivity contribution in [1.82, 2.24) is 14.3 Å². The van der Waals surface area contributed by atoms with Crippen LogP contribution in [0.4, 0.5) is 5.69 Å². The number of hydrogen-bond acceptors (Lipinski definition) is 5. The number of carbonyl (C=O) groups is 1. The molecule has 166 valence electrons. The van der Waals surface area contributed by atoms with Crippen LogP contribution < -0.4 is 4.90 Å². The van der Waals surface area contributed by atoms with Crippen LogP contribution in [0.3, 0.4) is 0 Å². The van der Waals surface area contributed by atoms with Crippen molar-refractivity contribution < 1.29 is 13.2 Å². The van der Waals surface area contributed by atoms with E-state index in [1.807, 2.05) is 44.2 Å². The van der Waals surface area contributed by atoms with Crippen molar-refractivity contribution in [3.8, 4) is 11.4 Å². The number of fused-ring (bicyclic) bond motifs is 1. The monoisotopic (exact) mass is 450 g/mol. The second-order valence-corrected chi connectivity index (χ2v) is 9.54. The Morgan fingerprint density at radius 1 is 1.03 bits per heavy atom. The van der Waals surface area contributed by atoms with Crippen LogP contribution in [0, 0.1) is 0 Å². The van der Waals surface area contributed by atoms with Crippen LogP contribution in [0.1, 0.15) is 36.2 Å². The zero-order chi connectivity index (χ0) is 22.7. The molecule has 4 rings (SSSR count). The van der Waals surface area contributed by atoms with Gasteiger partial charge in [0.1, 0.15) is 0 Å². The third-order valence-corrected chi connectivity index (χ3v) is 7.73. The van der Waals surface area contributed by atoms with E-state index in [2.05, 4.69) is 9.97 Å². The van der Waals surface area contributed by atoms with Gasteiger partial charge in [0.15, 0.2) is 5.82 Å². The second kappa shape index (κ2) is 9.18. The lowest BCUT2D eigenvalue weighted by atomic mass is 10.0. The molecule has 3 aromatic rings. The molecule has 1 aliphatic heterocycles. The van der Waals surface area contributed by atoms with Gasteiger partial charge in [-0.3, -0.25) is 4.79 Å². The quantitative estimate of drug-likeness (QED) is 0.571. The van der Waals surface area contributed by atoms with Crippen molar-refractivity contribution in [3.63, 3.8) is 0 Å². The molecule has 2 aromatic carbocycles. The Morgan fingerprint density at radius 3 is 2.38 bits per heavy atom. The number of aryl methyl sites for hydroxylation is 1. The van der Waals surface area contributed by atoms with E-state index in [4.69, 9.17) is 0 Å². The fourth-order valence-corrected chi connectivity index (χ4v) is 5.50. The summed E-state index contributed by atoms with van der Waals surface area (Å²) in [5, 5.41) is 0. The maximum absolute atomic E-state index is 13.2. The predicted octanol–water partition coefficient (Wildman–Crippen LogP) is 3.77. The minimum atomic E-state index is -3.55. The largest absolute Gasteiger partial charge is 0.308 e. The number of nitrogens with zero attached hydrogens (tertiary/aromatic N) is 4. The third-order valence-electron chi connectivity index (χ3n) is 5.69. The van der Waals surface area contributed by atoms with Crippen molar-refractivity contribution in [1.29, 1.82) is 0 Å². The summed E-state index contributed by atoms with van der Waals surface area (Å²) >= 11 is 0. The summed E-state index contributed by atoms with van der Waals surface area (Å²) in [5.41, 5.74) is 2.89. The molecule has 1 aliphatic rings. The zero-order valence-corrected chi connectivity index (χ0v) is 19.0. The molecular weight excluding hydrogens is 424 g/mol. The van der Waals surface area contributed by atoms with E-state index in [1.54, 1.807) is 35.5 Å². The molecule has 0 bridgehead atoms. The number of hydrogen-bond donors (Lipinski definition) is 0. The Hall–Kier alpha value is -3.10. The van der Waals surface area contributed by atoms with E-state index in [0.29, 0.717) is 31.0 Å². The van der Waals surface area contributed by atoms with E-state index in [1.165, 1.54) is 4.31 Å². The predicted molar refractivity (Wildman–Crippen MR) is 124 cm³/mol. The average Bonchev–Trinajstić information content (AvgIpc) is 2.84. The molecule has 1 aromatic heterocycles. The van der Waals surface area contributed by atoms with Gasteiger partial charge in [0.25, 0.3) is 5.91 Å². The molecule has 1 amide bonds. The summed E-state index contributed by atoms with van der Waals surface area (Å²) in [6.45, 7) is 5.05. The molecule has 8 heteroatoms. The molecule has 0 radical (unpaired) electrons. The van der Waals surface area contributed by atoms with Gasteiger partial charge in [-0.15, -0.1) is 0 Å². The van der Waals surface area contributed by atoms with Crippen LogP contribution in [-0.2, 0) is 16.4 Å². The van der Waals surface area contributed by atoms with E-state index < -0.39 is 10.0 Å². The molecule has 0 N–H and O–H groups in total. The summed E-state index contributed by atoms with van der Waals surface area (Å²) in [6, 6.07) is 14.6. The highest BCUT2D eigenvalue weighted by molar-refractivity contribution is 7.89. The maximum atomic E-state index is 13.2. The average molecular weight is 451 g/mol. The Bertz CT molecular complexity index is 1210. The highest BCUT2D eigenvalue weighted by Crippen LogP contribution is 2.31. The van der Waals surface area contributed by atoms with Gasteiger partial charge in [-0.2, -0.15) is 4.31 Å². The van der Waals surface area contributed by atoms with E-state index in [0.717, 1.165) is 29.7 Å². The molecule has 7 nitrogen and oxygen atoms in total. The van der Waals surface area contributed by atoms with Gasteiger partial charge in [-0.1, -0.05) is 44.2 Å². The number of aromatic nitrogens is 2. The Labute approximate surface area is 188 Å². The van der Waals surface area contributed by atoms with Crippen LogP contribution >= 0.6 is 0 Å².